The Hall–Kier alpha value is -2.78. The molecule has 0 aliphatic heterocycles. The van der Waals surface area contributed by atoms with Crippen LogP contribution in [0, 0.1) is 0 Å². The molecule has 0 saturated carbocycles. The predicted molar refractivity (Wildman–Crippen MR) is 136 cm³/mol. The Balaban J connectivity index is 1.35. The van der Waals surface area contributed by atoms with E-state index in [1.165, 1.54) is 29.2 Å². The zero-order chi connectivity index (χ0) is 23.4. The Bertz CT molecular complexity index is 1340. The van der Waals surface area contributed by atoms with Crippen LogP contribution in [0.5, 0.6) is 5.75 Å². The predicted octanol–water partition coefficient (Wildman–Crippen LogP) is 6.59. The van der Waals surface area contributed by atoms with E-state index in [1.54, 1.807) is 37.4 Å². The van der Waals surface area contributed by atoms with Crippen molar-refractivity contribution in [3.05, 3.63) is 76.3 Å². The van der Waals surface area contributed by atoms with Gasteiger partial charge in [0.1, 0.15) is 5.75 Å². The Morgan fingerprint density at radius 2 is 1.91 bits per heavy atom. The second-order valence-corrected chi connectivity index (χ2v) is 9.72. The summed E-state index contributed by atoms with van der Waals surface area (Å²) in [5.74, 6) is 0.418. The van der Waals surface area contributed by atoms with E-state index in [0.29, 0.717) is 21.4 Å². The van der Waals surface area contributed by atoms with Gasteiger partial charge in [-0.3, -0.25) is 9.59 Å². The number of rotatable bonds is 7. The summed E-state index contributed by atoms with van der Waals surface area (Å²) < 4.78 is 6.15. The highest BCUT2D eigenvalue weighted by atomic mass is 35.5. The lowest BCUT2D eigenvalue weighted by Crippen LogP contribution is -2.14. The van der Waals surface area contributed by atoms with Crippen molar-refractivity contribution < 1.29 is 14.3 Å². The molecule has 0 spiro atoms. The first kappa shape index (κ1) is 23.4. The standard InChI is InChI=1S/C23H17Cl2N3O3S2/c1-31-15-6-8-19-20(11-15)33-23(27-19)28-21(29)12-32-16-4-2-3-14(10-16)26-22(30)17-7-5-13(24)9-18(17)25/h2-11H,12H2,1H3,(H,26,30)(H,27,28,29). The number of thioether (sulfide) groups is 1. The number of nitrogens with one attached hydrogen (secondary N) is 2. The lowest BCUT2D eigenvalue weighted by atomic mass is 10.2. The van der Waals surface area contributed by atoms with Crippen LogP contribution < -0.4 is 15.4 Å². The summed E-state index contributed by atoms with van der Waals surface area (Å²) in [6, 6.07) is 17.5. The highest BCUT2D eigenvalue weighted by molar-refractivity contribution is 8.00. The van der Waals surface area contributed by atoms with Crippen LogP contribution in [0.4, 0.5) is 10.8 Å². The minimum Gasteiger partial charge on any atom is -0.497 e. The smallest absolute Gasteiger partial charge is 0.257 e. The van der Waals surface area contributed by atoms with Crippen LogP contribution >= 0.6 is 46.3 Å². The third kappa shape index (κ3) is 5.97. The lowest BCUT2D eigenvalue weighted by molar-refractivity contribution is -0.113. The van der Waals surface area contributed by atoms with Gasteiger partial charge in [-0.1, -0.05) is 40.6 Å². The number of anilines is 2. The van der Waals surface area contributed by atoms with E-state index in [-0.39, 0.29) is 22.6 Å². The van der Waals surface area contributed by atoms with Crippen LogP contribution in [-0.4, -0.2) is 29.7 Å². The molecule has 4 aromatic rings. The molecule has 0 saturated heterocycles. The number of carbonyl (C=O) groups is 2. The largest absolute Gasteiger partial charge is 0.497 e. The fourth-order valence-corrected chi connectivity index (χ4v) is 5.09. The third-order valence-corrected chi connectivity index (χ3v) is 6.95. The average Bonchev–Trinajstić information content (AvgIpc) is 3.19. The highest BCUT2D eigenvalue weighted by Crippen LogP contribution is 2.30. The molecule has 168 valence electrons. The molecule has 0 atom stereocenters. The molecule has 2 N–H and O–H groups in total. The van der Waals surface area contributed by atoms with Crippen LogP contribution in [0.25, 0.3) is 10.2 Å². The van der Waals surface area contributed by atoms with Gasteiger partial charge < -0.3 is 15.4 Å². The molecule has 4 rings (SSSR count). The van der Waals surface area contributed by atoms with Crippen molar-refractivity contribution in [1.82, 2.24) is 4.98 Å². The maximum absolute atomic E-state index is 12.5. The second kappa shape index (κ2) is 10.4. The average molecular weight is 518 g/mol. The van der Waals surface area contributed by atoms with Crippen LogP contribution in [0.3, 0.4) is 0 Å². The van der Waals surface area contributed by atoms with Crippen molar-refractivity contribution >= 4 is 79.2 Å². The van der Waals surface area contributed by atoms with Crippen molar-refractivity contribution in [3.8, 4) is 5.75 Å². The van der Waals surface area contributed by atoms with Crippen LogP contribution in [0.2, 0.25) is 10.0 Å². The molecule has 0 aliphatic carbocycles. The monoisotopic (exact) mass is 517 g/mol. The molecule has 3 aromatic carbocycles. The molecule has 0 bridgehead atoms. The number of hydrogen-bond acceptors (Lipinski definition) is 6. The number of carbonyl (C=O) groups excluding carboxylic acids is 2. The number of thiazole rings is 1. The minimum atomic E-state index is -0.343. The number of ether oxygens (including phenoxy) is 1. The van der Waals surface area contributed by atoms with Gasteiger partial charge in [0.2, 0.25) is 5.91 Å². The minimum absolute atomic E-state index is 0.173. The van der Waals surface area contributed by atoms with Gasteiger partial charge >= 0.3 is 0 Å². The van der Waals surface area contributed by atoms with Gasteiger partial charge in [-0.15, -0.1) is 11.8 Å². The number of aromatic nitrogens is 1. The zero-order valence-electron chi connectivity index (χ0n) is 17.2. The Labute approximate surface area is 208 Å². The molecule has 0 aliphatic rings. The SMILES string of the molecule is COc1ccc2nc(NC(=O)CSc3cccc(NC(=O)c4ccc(Cl)cc4Cl)c3)sc2c1. The number of halogens is 2. The van der Waals surface area contributed by atoms with Crippen molar-refractivity contribution in [2.24, 2.45) is 0 Å². The maximum Gasteiger partial charge on any atom is 0.257 e. The van der Waals surface area contributed by atoms with Crippen molar-refractivity contribution in [3.63, 3.8) is 0 Å². The number of methoxy groups -OCH3 is 1. The van der Waals surface area contributed by atoms with E-state index in [0.717, 1.165) is 20.9 Å². The summed E-state index contributed by atoms with van der Waals surface area (Å²) in [5.41, 5.74) is 1.72. The van der Waals surface area contributed by atoms with E-state index < -0.39 is 0 Å². The second-order valence-electron chi connectivity index (χ2n) is 6.80. The molecule has 0 fully saturated rings. The Kier molecular flexibility index (Phi) is 7.39. The summed E-state index contributed by atoms with van der Waals surface area (Å²) >= 11 is 14.7. The van der Waals surface area contributed by atoms with Crippen LogP contribution in [-0.2, 0) is 4.79 Å². The van der Waals surface area contributed by atoms with Crippen LogP contribution in [0.1, 0.15) is 10.4 Å². The summed E-state index contributed by atoms with van der Waals surface area (Å²) in [4.78, 5) is 30.2. The zero-order valence-corrected chi connectivity index (χ0v) is 20.4. The Morgan fingerprint density at radius 3 is 2.70 bits per heavy atom. The van der Waals surface area contributed by atoms with Gasteiger partial charge in [0.05, 0.1) is 33.7 Å². The molecule has 0 unspecified atom stereocenters. The molecule has 1 heterocycles. The quantitative estimate of drug-likeness (QED) is 0.270. The number of benzene rings is 3. The third-order valence-electron chi connectivity index (χ3n) is 4.48. The molecular weight excluding hydrogens is 501 g/mol. The van der Waals surface area contributed by atoms with Gasteiger partial charge in [0, 0.05) is 15.6 Å². The van der Waals surface area contributed by atoms with Crippen molar-refractivity contribution in [2.75, 3.05) is 23.5 Å². The van der Waals surface area contributed by atoms with Crippen molar-refractivity contribution in [2.45, 2.75) is 4.90 Å². The van der Waals surface area contributed by atoms with Gasteiger partial charge in [-0.2, -0.15) is 0 Å². The van der Waals surface area contributed by atoms with E-state index in [2.05, 4.69) is 15.6 Å². The van der Waals surface area contributed by atoms with E-state index in [9.17, 15) is 9.59 Å². The maximum atomic E-state index is 12.5. The van der Waals surface area contributed by atoms with Gasteiger partial charge in [-0.05, 0) is 54.6 Å². The molecular formula is C23H17Cl2N3O3S2. The molecule has 2 amide bonds. The molecule has 10 heteroatoms. The van der Waals surface area contributed by atoms with E-state index in [1.807, 2.05) is 24.3 Å². The van der Waals surface area contributed by atoms with Gasteiger partial charge in [-0.25, -0.2) is 4.98 Å². The molecule has 0 radical (unpaired) electrons. The van der Waals surface area contributed by atoms with E-state index in [4.69, 9.17) is 27.9 Å². The topological polar surface area (TPSA) is 80.3 Å². The molecule has 33 heavy (non-hydrogen) atoms. The first-order chi connectivity index (χ1) is 15.9. The summed E-state index contributed by atoms with van der Waals surface area (Å²) in [7, 11) is 1.61. The highest BCUT2D eigenvalue weighted by Gasteiger charge is 2.12. The first-order valence-corrected chi connectivity index (χ1v) is 12.2. The number of nitrogens with zero attached hydrogens (tertiary/aromatic N) is 1. The summed E-state index contributed by atoms with van der Waals surface area (Å²) in [6.45, 7) is 0. The normalized spacial score (nSPS) is 10.8. The lowest BCUT2D eigenvalue weighted by Gasteiger charge is -2.09. The summed E-state index contributed by atoms with van der Waals surface area (Å²) in [5, 5.41) is 6.90. The number of hydrogen-bond donors (Lipinski definition) is 2. The number of amides is 2. The fourth-order valence-electron chi connectivity index (χ4n) is 2.93. The van der Waals surface area contributed by atoms with Crippen molar-refractivity contribution in [1.29, 1.82) is 0 Å². The Morgan fingerprint density at radius 1 is 1.06 bits per heavy atom. The van der Waals surface area contributed by atoms with Crippen LogP contribution in [0.15, 0.2) is 65.6 Å². The number of fused-ring (bicyclic) bond motifs is 1. The molecule has 6 nitrogen and oxygen atoms in total. The van der Waals surface area contributed by atoms with E-state index >= 15 is 0 Å². The van der Waals surface area contributed by atoms with Gasteiger partial charge in [0.15, 0.2) is 5.13 Å². The fraction of sp³-hybridized carbons (Fsp3) is 0.0870. The first-order valence-electron chi connectivity index (χ1n) is 9.65. The summed E-state index contributed by atoms with van der Waals surface area (Å²) in [6.07, 6.45) is 0. The molecule has 1 aromatic heterocycles. The van der Waals surface area contributed by atoms with Gasteiger partial charge in [0.25, 0.3) is 5.91 Å².